The number of rotatable bonds is 5. The Hall–Kier alpha value is -2.72. The maximum Gasteiger partial charge on any atom is 0.231 e. The molecule has 0 bridgehead atoms. The lowest BCUT2D eigenvalue weighted by atomic mass is 9.69. The van der Waals surface area contributed by atoms with E-state index in [9.17, 15) is 4.79 Å². The smallest absolute Gasteiger partial charge is 0.231 e. The fourth-order valence-corrected chi connectivity index (χ4v) is 6.47. The van der Waals surface area contributed by atoms with E-state index in [4.69, 9.17) is 9.47 Å². The zero-order chi connectivity index (χ0) is 23.9. The number of hydrogen-bond acceptors (Lipinski definition) is 8. The number of nitrogens with zero attached hydrogens (tertiary/aromatic N) is 6. The van der Waals surface area contributed by atoms with Crippen molar-refractivity contribution in [3.8, 4) is 11.5 Å². The van der Waals surface area contributed by atoms with Crippen molar-refractivity contribution >= 4 is 5.91 Å². The molecule has 0 radical (unpaired) electrons. The van der Waals surface area contributed by atoms with Gasteiger partial charge in [0.25, 0.3) is 0 Å². The molecule has 1 saturated carbocycles. The van der Waals surface area contributed by atoms with Gasteiger partial charge >= 0.3 is 0 Å². The summed E-state index contributed by atoms with van der Waals surface area (Å²) in [5, 5.41) is 16.4. The number of piperidine rings is 1. The first kappa shape index (κ1) is 22.7. The van der Waals surface area contributed by atoms with Crippen molar-refractivity contribution in [3.63, 3.8) is 0 Å². The third-order valence-electron chi connectivity index (χ3n) is 8.46. The van der Waals surface area contributed by atoms with Gasteiger partial charge < -0.3 is 19.7 Å². The summed E-state index contributed by atoms with van der Waals surface area (Å²) in [5.41, 5.74) is 1.04. The molecular weight excluding hydrogens is 446 g/mol. The first-order chi connectivity index (χ1) is 17.1. The number of benzene rings is 1. The van der Waals surface area contributed by atoms with Gasteiger partial charge in [-0.1, -0.05) is 19.4 Å². The molecule has 2 aromatic rings. The van der Waals surface area contributed by atoms with Crippen LogP contribution in [0.15, 0.2) is 18.2 Å². The van der Waals surface area contributed by atoms with Crippen LogP contribution in [0.4, 0.5) is 0 Å². The topological polar surface area (TPSA) is 97.6 Å². The predicted octanol–water partition coefficient (Wildman–Crippen LogP) is 1.68. The standard InChI is InChI=1S/C25H35N7O3/c1-16-4-3-5-18-13-19(25(33)26-22(16)18)23(31-10-8-30(2)9-11-31)24-27-28-29-32(24)14-17-6-7-20-21(12-17)35-15-34-20/h6-7,12,16,18-19,22-23H,3-5,8-11,13-15H2,1-2H3,(H,26,33)/t16?,18?,19?,22?,23-/m1/s1. The normalized spacial score (nSPS) is 30.1. The Labute approximate surface area is 205 Å². The Bertz CT molecular complexity index is 1070. The third kappa shape index (κ3) is 4.38. The van der Waals surface area contributed by atoms with E-state index in [-0.39, 0.29) is 24.7 Å². The monoisotopic (exact) mass is 481 g/mol. The molecule has 2 saturated heterocycles. The molecule has 1 amide bonds. The summed E-state index contributed by atoms with van der Waals surface area (Å²) in [6.45, 7) is 6.77. The lowest BCUT2D eigenvalue weighted by Gasteiger charge is -2.47. The molecule has 1 N–H and O–H groups in total. The number of hydrogen-bond donors (Lipinski definition) is 1. The van der Waals surface area contributed by atoms with Crippen molar-refractivity contribution in [2.24, 2.45) is 17.8 Å². The molecular formula is C25H35N7O3. The lowest BCUT2D eigenvalue weighted by Crippen LogP contribution is -2.58. The number of carbonyl (C=O) groups is 1. The number of ether oxygens (including phenoxy) is 2. The van der Waals surface area contributed by atoms with Crippen LogP contribution in [0.1, 0.15) is 50.0 Å². The van der Waals surface area contributed by atoms with Gasteiger partial charge in [0.1, 0.15) is 0 Å². The van der Waals surface area contributed by atoms with Crippen molar-refractivity contribution in [3.05, 3.63) is 29.6 Å². The van der Waals surface area contributed by atoms with Crippen LogP contribution in [0.25, 0.3) is 0 Å². The fourth-order valence-electron chi connectivity index (χ4n) is 6.47. The van der Waals surface area contributed by atoms with Crippen molar-refractivity contribution in [1.82, 2.24) is 35.3 Å². The molecule has 1 aliphatic carbocycles. The Morgan fingerprint density at radius 2 is 1.97 bits per heavy atom. The lowest BCUT2D eigenvalue weighted by molar-refractivity contribution is -0.134. The minimum absolute atomic E-state index is 0.147. The van der Waals surface area contributed by atoms with Gasteiger partial charge in [-0.15, -0.1) is 5.10 Å². The number of amides is 1. The second-order valence-electron chi connectivity index (χ2n) is 10.7. The SMILES string of the molecule is CC1CCCC2CC([C@H](c3nnnn3Cc3ccc4c(c3)OCO4)N3CCN(C)CC3)C(=O)NC12. The van der Waals surface area contributed by atoms with Crippen LogP contribution >= 0.6 is 0 Å². The van der Waals surface area contributed by atoms with Crippen LogP contribution in [0, 0.1) is 17.8 Å². The highest BCUT2D eigenvalue weighted by Gasteiger charge is 2.46. The van der Waals surface area contributed by atoms with E-state index in [2.05, 4.69) is 44.6 Å². The first-order valence-corrected chi connectivity index (χ1v) is 12.9. The Morgan fingerprint density at radius 3 is 2.83 bits per heavy atom. The van der Waals surface area contributed by atoms with E-state index in [0.29, 0.717) is 24.4 Å². The molecule has 10 nitrogen and oxygen atoms in total. The van der Waals surface area contributed by atoms with Crippen molar-refractivity contribution < 1.29 is 14.3 Å². The van der Waals surface area contributed by atoms with E-state index in [1.807, 2.05) is 22.9 Å². The molecule has 4 heterocycles. The highest BCUT2D eigenvalue weighted by molar-refractivity contribution is 5.81. The van der Waals surface area contributed by atoms with Crippen LogP contribution in [0.3, 0.4) is 0 Å². The zero-order valence-corrected chi connectivity index (χ0v) is 20.6. The molecule has 4 aliphatic rings. The van der Waals surface area contributed by atoms with Gasteiger partial charge in [0.15, 0.2) is 17.3 Å². The van der Waals surface area contributed by atoms with Gasteiger partial charge in [0, 0.05) is 32.2 Å². The maximum atomic E-state index is 13.6. The van der Waals surface area contributed by atoms with E-state index in [1.165, 1.54) is 19.3 Å². The van der Waals surface area contributed by atoms with Crippen molar-refractivity contribution in [1.29, 1.82) is 0 Å². The number of nitrogens with one attached hydrogen (secondary N) is 1. The Balaban J connectivity index is 1.31. The molecule has 0 spiro atoms. The molecule has 3 aliphatic heterocycles. The van der Waals surface area contributed by atoms with Crippen LogP contribution in [0.5, 0.6) is 11.5 Å². The van der Waals surface area contributed by atoms with Crippen LogP contribution in [-0.2, 0) is 11.3 Å². The molecule has 4 unspecified atom stereocenters. The van der Waals surface area contributed by atoms with Gasteiger partial charge in [-0.25, -0.2) is 4.68 Å². The summed E-state index contributed by atoms with van der Waals surface area (Å²) in [7, 11) is 2.15. The molecule has 1 aromatic heterocycles. The average molecular weight is 482 g/mol. The Morgan fingerprint density at radius 1 is 1.14 bits per heavy atom. The van der Waals surface area contributed by atoms with Gasteiger partial charge in [-0.05, 0) is 66.3 Å². The molecule has 1 aromatic carbocycles. The van der Waals surface area contributed by atoms with Crippen LogP contribution in [0.2, 0.25) is 0 Å². The minimum atomic E-state index is -0.161. The summed E-state index contributed by atoms with van der Waals surface area (Å²) >= 11 is 0. The van der Waals surface area contributed by atoms with E-state index in [0.717, 1.165) is 55.5 Å². The zero-order valence-electron chi connectivity index (χ0n) is 20.6. The summed E-state index contributed by atoms with van der Waals surface area (Å²) in [6, 6.07) is 6.08. The van der Waals surface area contributed by atoms with Gasteiger partial charge in [-0.2, -0.15) is 0 Å². The number of carbonyl (C=O) groups excluding carboxylic acids is 1. The summed E-state index contributed by atoms with van der Waals surface area (Å²) in [6.07, 6.45) is 4.52. The quantitative estimate of drug-likeness (QED) is 0.689. The van der Waals surface area contributed by atoms with Crippen LogP contribution in [-0.4, -0.2) is 82.0 Å². The van der Waals surface area contributed by atoms with Crippen molar-refractivity contribution in [2.75, 3.05) is 40.0 Å². The van der Waals surface area contributed by atoms with Gasteiger partial charge in [0.05, 0.1) is 18.5 Å². The van der Waals surface area contributed by atoms with E-state index >= 15 is 0 Å². The number of piperazine rings is 1. The highest BCUT2D eigenvalue weighted by Crippen LogP contribution is 2.42. The largest absolute Gasteiger partial charge is 0.454 e. The molecule has 5 atom stereocenters. The van der Waals surface area contributed by atoms with Crippen LogP contribution < -0.4 is 14.8 Å². The highest BCUT2D eigenvalue weighted by atomic mass is 16.7. The Kier molecular flexibility index (Phi) is 6.09. The second kappa shape index (κ2) is 9.39. The van der Waals surface area contributed by atoms with Crippen molar-refractivity contribution in [2.45, 2.75) is 51.2 Å². The molecule has 3 fully saturated rings. The first-order valence-electron chi connectivity index (χ1n) is 12.9. The summed E-state index contributed by atoms with van der Waals surface area (Å²) in [5.74, 6) is 3.34. The molecule has 188 valence electrons. The second-order valence-corrected chi connectivity index (χ2v) is 10.7. The average Bonchev–Trinajstić information content (AvgIpc) is 3.51. The predicted molar refractivity (Wildman–Crippen MR) is 128 cm³/mol. The number of likely N-dealkylation sites (N-methyl/N-ethyl adjacent to an activating group) is 1. The van der Waals surface area contributed by atoms with Gasteiger partial charge in [-0.3, -0.25) is 9.69 Å². The van der Waals surface area contributed by atoms with Gasteiger partial charge in [0.2, 0.25) is 12.7 Å². The fraction of sp³-hybridized carbons (Fsp3) is 0.680. The molecule has 35 heavy (non-hydrogen) atoms. The summed E-state index contributed by atoms with van der Waals surface area (Å²) in [4.78, 5) is 18.3. The number of aromatic nitrogens is 4. The summed E-state index contributed by atoms with van der Waals surface area (Å²) < 4.78 is 12.9. The number of tetrazole rings is 1. The third-order valence-corrected chi connectivity index (χ3v) is 8.46. The maximum absolute atomic E-state index is 13.6. The number of fused-ring (bicyclic) bond motifs is 2. The van der Waals surface area contributed by atoms with E-state index in [1.54, 1.807) is 0 Å². The molecule has 6 rings (SSSR count). The minimum Gasteiger partial charge on any atom is -0.454 e. The van der Waals surface area contributed by atoms with E-state index < -0.39 is 0 Å². The molecule has 10 heteroatoms.